The Morgan fingerprint density at radius 3 is 2.81 bits per heavy atom. The first kappa shape index (κ1) is 9.97. The first-order valence-electron chi connectivity index (χ1n) is 5.50. The Hall–Kier alpha value is -1.22. The predicted octanol–water partition coefficient (Wildman–Crippen LogP) is 2.76. The van der Waals surface area contributed by atoms with Crippen LogP contribution in [0.3, 0.4) is 0 Å². The molecule has 0 amide bonds. The van der Waals surface area contributed by atoms with Crippen LogP contribution in [0.25, 0.3) is 11.0 Å². The molecule has 0 spiro atoms. The molecule has 1 fully saturated rings. The monoisotopic (exact) mass is 235 g/mol. The minimum atomic E-state index is 0.0939. The van der Waals surface area contributed by atoms with Crippen molar-refractivity contribution in [3.63, 3.8) is 0 Å². The second-order valence-electron chi connectivity index (χ2n) is 4.52. The zero-order valence-electron chi connectivity index (χ0n) is 9.20. The summed E-state index contributed by atoms with van der Waals surface area (Å²) in [5, 5.41) is 3.46. The van der Waals surface area contributed by atoms with Gasteiger partial charge in [0.15, 0.2) is 0 Å². The van der Waals surface area contributed by atoms with E-state index >= 15 is 0 Å². The fourth-order valence-corrected chi connectivity index (χ4v) is 2.27. The number of fused-ring (bicyclic) bond motifs is 1. The maximum atomic E-state index is 5.96. The number of anilines is 1. The average Bonchev–Trinajstić information content (AvgIpc) is 3.02. The van der Waals surface area contributed by atoms with Crippen LogP contribution in [0, 0.1) is 0 Å². The van der Waals surface area contributed by atoms with Gasteiger partial charge < -0.3 is 9.88 Å². The molecule has 0 aliphatic heterocycles. The number of aryl methyl sites for hydroxylation is 1. The molecule has 16 heavy (non-hydrogen) atoms. The lowest BCUT2D eigenvalue weighted by Gasteiger charge is -2.14. The highest BCUT2D eigenvalue weighted by atomic mass is 35.5. The van der Waals surface area contributed by atoms with Crippen LogP contribution in [0.4, 0.5) is 5.95 Å². The molecule has 4 heteroatoms. The molecule has 1 aromatic carbocycles. The molecule has 84 valence electrons. The van der Waals surface area contributed by atoms with Gasteiger partial charge in [-0.05, 0) is 25.0 Å². The molecule has 0 atom stereocenters. The topological polar surface area (TPSA) is 29.9 Å². The Morgan fingerprint density at radius 2 is 2.19 bits per heavy atom. The molecule has 1 saturated carbocycles. The number of rotatable bonds is 3. The molecule has 0 bridgehead atoms. The number of alkyl halides is 1. The maximum Gasteiger partial charge on any atom is 0.204 e. The molecule has 3 nitrogen and oxygen atoms in total. The third-order valence-corrected chi connectivity index (χ3v) is 3.79. The summed E-state index contributed by atoms with van der Waals surface area (Å²) in [4.78, 5) is 4.58. The van der Waals surface area contributed by atoms with Gasteiger partial charge in [0, 0.05) is 12.9 Å². The van der Waals surface area contributed by atoms with Crippen molar-refractivity contribution in [3.8, 4) is 0 Å². The zero-order valence-corrected chi connectivity index (χ0v) is 9.96. The van der Waals surface area contributed by atoms with Crippen LogP contribution >= 0.6 is 11.6 Å². The number of nitrogens with one attached hydrogen (secondary N) is 1. The van der Waals surface area contributed by atoms with Crippen LogP contribution in [0.1, 0.15) is 12.8 Å². The van der Waals surface area contributed by atoms with E-state index in [0.29, 0.717) is 5.88 Å². The fraction of sp³-hybridized carbons (Fsp3) is 0.417. The number of nitrogens with zero attached hydrogens (tertiary/aromatic N) is 2. The van der Waals surface area contributed by atoms with E-state index in [2.05, 4.69) is 20.9 Å². The summed E-state index contributed by atoms with van der Waals surface area (Å²) < 4.78 is 2.09. The van der Waals surface area contributed by atoms with Crippen LogP contribution in [-0.2, 0) is 7.05 Å². The van der Waals surface area contributed by atoms with Crippen molar-refractivity contribution in [3.05, 3.63) is 24.3 Å². The van der Waals surface area contributed by atoms with E-state index < -0.39 is 0 Å². The highest BCUT2D eigenvalue weighted by Gasteiger charge is 2.42. The molecule has 0 unspecified atom stereocenters. The summed E-state index contributed by atoms with van der Waals surface area (Å²) in [6, 6.07) is 8.14. The van der Waals surface area contributed by atoms with Crippen LogP contribution in [0.5, 0.6) is 0 Å². The molecule has 1 aromatic heterocycles. The smallest absolute Gasteiger partial charge is 0.204 e. The number of hydrogen-bond donors (Lipinski definition) is 1. The summed E-state index contributed by atoms with van der Waals surface area (Å²) in [6.07, 6.45) is 2.28. The van der Waals surface area contributed by atoms with Crippen LogP contribution < -0.4 is 5.32 Å². The lowest BCUT2D eigenvalue weighted by molar-refractivity contribution is 0.797. The molecule has 1 heterocycles. The molecular formula is C12H14ClN3. The van der Waals surface area contributed by atoms with E-state index in [1.807, 2.05) is 25.2 Å². The summed E-state index contributed by atoms with van der Waals surface area (Å²) in [5.74, 6) is 1.57. The summed E-state index contributed by atoms with van der Waals surface area (Å²) in [5.41, 5.74) is 2.27. The second kappa shape index (κ2) is 3.39. The van der Waals surface area contributed by atoms with Crippen molar-refractivity contribution >= 4 is 28.6 Å². The van der Waals surface area contributed by atoms with Crippen molar-refractivity contribution in [2.75, 3.05) is 11.2 Å². The Labute approximate surface area is 99.4 Å². The van der Waals surface area contributed by atoms with Crippen molar-refractivity contribution < 1.29 is 0 Å². The van der Waals surface area contributed by atoms with Gasteiger partial charge >= 0.3 is 0 Å². The minimum Gasteiger partial charge on any atom is -0.349 e. The number of para-hydroxylation sites is 2. The van der Waals surface area contributed by atoms with Crippen LogP contribution in [-0.4, -0.2) is 21.0 Å². The van der Waals surface area contributed by atoms with Gasteiger partial charge in [-0.25, -0.2) is 4.98 Å². The predicted molar refractivity (Wildman–Crippen MR) is 67.0 cm³/mol. The van der Waals surface area contributed by atoms with Gasteiger partial charge in [0.1, 0.15) is 0 Å². The second-order valence-corrected chi connectivity index (χ2v) is 4.79. The lowest BCUT2D eigenvalue weighted by atomic mass is 10.3. The number of benzene rings is 1. The third kappa shape index (κ3) is 1.47. The van der Waals surface area contributed by atoms with E-state index in [9.17, 15) is 0 Å². The van der Waals surface area contributed by atoms with Crippen molar-refractivity contribution in [2.45, 2.75) is 18.4 Å². The van der Waals surface area contributed by atoms with Gasteiger partial charge in [0.2, 0.25) is 5.95 Å². The van der Waals surface area contributed by atoms with Gasteiger partial charge in [-0.1, -0.05) is 12.1 Å². The average molecular weight is 236 g/mol. The highest BCUT2D eigenvalue weighted by Crippen LogP contribution is 2.39. The van der Waals surface area contributed by atoms with Gasteiger partial charge in [0.05, 0.1) is 16.6 Å². The van der Waals surface area contributed by atoms with E-state index in [1.54, 1.807) is 0 Å². The van der Waals surface area contributed by atoms with Crippen molar-refractivity contribution in [1.82, 2.24) is 9.55 Å². The summed E-state index contributed by atoms with van der Waals surface area (Å²) in [6.45, 7) is 0. The molecule has 1 aliphatic rings. The molecule has 2 aromatic rings. The van der Waals surface area contributed by atoms with E-state index in [-0.39, 0.29) is 5.54 Å². The number of imidazole rings is 1. The van der Waals surface area contributed by atoms with Gasteiger partial charge in [0.25, 0.3) is 0 Å². The molecule has 0 saturated heterocycles. The van der Waals surface area contributed by atoms with Crippen LogP contribution in [0.2, 0.25) is 0 Å². The highest BCUT2D eigenvalue weighted by molar-refractivity contribution is 6.19. The molecular weight excluding hydrogens is 222 g/mol. The van der Waals surface area contributed by atoms with Crippen molar-refractivity contribution in [1.29, 1.82) is 0 Å². The van der Waals surface area contributed by atoms with Crippen molar-refractivity contribution in [2.24, 2.45) is 7.05 Å². The maximum absolute atomic E-state index is 5.96. The summed E-state index contributed by atoms with van der Waals surface area (Å²) in [7, 11) is 2.03. The normalized spacial score (nSPS) is 17.6. The zero-order chi connectivity index (χ0) is 11.2. The van der Waals surface area contributed by atoms with Gasteiger partial charge in [-0.15, -0.1) is 11.6 Å². The first-order valence-corrected chi connectivity index (χ1v) is 6.03. The molecule has 0 radical (unpaired) electrons. The van der Waals surface area contributed by atoms with E-state index in [4.69, 9.17) is 11.6 Å². The summed E-state index contributed by atoms with van der Waals surface area (Å²) >= 11 is 5.96. The largest absolute Gasteiger partial charge is 0.349 e. The van der Waals surface area contributed by atoms with E-state index in [0.717, 1.165) is 29.8 Å². The minimum absolute atomic E-state index is 0.0939. The number of aromatic nitrogens is 2. The quantitative estimate of drug-likeness (QED) is 0.830. The number of halogens is 1. The third-order valence-electron chi connectivity index (χ3n) is 3.27. The Morgan fingerprint density at radius 1 is 1.44 bits per heavy atom. The molecule has 1 N–H and O–H groups in total. The SMILES string of the molecule is Cn1c(NC2(CCl)CC2)nc2ccccc21. The Kier molecular flexibility index (Phi) is 2.11. The molecule has 1 aliphatic carbocycles. The Balaban J connectivity index is 2.01. The van der Waals surface area contributed by atoms with Crippen LogP contribution in [0.15, 0.2) is 24.3 Å². The Bertz CT molecular complexity index is 528. The van der Waals surface area contributed by atoms with Gasteiger partial charge in [-0.3, -0.25) is 0 Å². The first-order chi connectivity index (χ1) is 7.74. The molecule has 3 rings (SSSR count). The fourth-order valence-electron chi connectivity index (χ4n) is 1.94. The standard InChI is InChI=1S/C12H14ClN3/c1-16-10-5-3-2-4-9(10)14-11(16)15-12(8-13)6-7-12/h2-5H,6-8H2,1H3,(H,14,15). The number of hydrogen-bond acceptors (Lipinski definition) is 2. The lowest BCUT2D eigenvalue weighted by Crippen LogP contribution is -2.24. The van der Waals surface area contributed by atoms with E-state index in [1.165, 1.54) is 0 Å². The van der Waals surface area contributed by atoms with Gasteiger partial charge in [-0.2, -0.15) is 0 Å².